The summed E-state index contributed by atoms with van der Waals surface area (Å²) in [7, 11) is 4.14. The first kappa shape index (κ1) is 10.1. The van der Waals surface area contributed by atoms with Gasteiger partial charge in [0.1, 0.15) is 0 Å². The van der Waals surface area contributed by atoms with Crippen molar-refractivity contribution >= 4 is 5.69 Å². The van der Waals surface area contributed by atoms with Crippen LogP contribution in [0.25, 0.3) is 0 Å². The van der Waals surface area contributed by atoms with E-state index < -0.39 is 0 Å². The van der Waals surface area contributed by atoms with Gasteiger partial charge in [-0.25, -0.2) is 0 Å². The van der Waals surface area contributed by atoms with E-state index in [9.17, 15) is 0 Å². The van der Waals surface area contributed by atoms with Crippen LogP contribution >= 0.6 is 0 Å². The Balaban J connectivity index is 2.33. The Kier molecular flexibility index (Phi) is 3.77. The van der Waals surface area contributed by atoms with Crippen molar-refractivity contribution in [1.82, 2.24) is 4.90 Å². The lowest BCUT2D eigenvalue weighted by Gasteiger charge is -2.11. The Labute approximate surface area is 80.6 Å². The van der Waals surface area contributed by atoms with E-state index in [1.54, 1.807) is 0 Å². The van der Waals surface area contributed by atoms with Crippen LogP contribution in [-0.2, 0) is 0 Å². The molecule has 0 fully saturated rings. The fourth-order valence-electron chi connectivity index (χ4n) is 1.05. The third-order valence-corrected chi connectivity index (χ3v) is 1.84. The quantitative estimate of drug-likeness (QED) is 0.755. The lowest BCUT2D eigenvalue weighted by molar-refractivity contribution is 0.425. The topological polar surface area (TPSA) is 15.3 Å². The zero-order valence-corrected chi connectivity index (χ0v) is 8.38. The number of rotatable bonds is 4. The SMILES string of the molecule is [CH2]c1ccc(NCCN(C)C)cc1. The molecule has 1 aromatic carbocycles. The Morgan fingerprint density at radius 2 is 1.85 bits per heavy atom. The highest BCUT2D eigenvalue weighted by atomic mass is 15.1. The molecule has 1 N–H and O–H groups in total. The number of hydrogen-bond donors (Lipinski definition) is 1. The van der Waals surface area contributed by atoms with Gasteiger partial charge in [-0.15, -0.1) is 0 Å². The fourth-order valence-corrected chi connectivity index (χ4v) is 1.05. The van der Waals surface area contributed by atoms with Crippen molar-refractivity contribution in [2.75, 3.05) is 32.5 Å². The molecule has 0 atom stereocenters. The van der Waals surface area contributed by atoms with Gasteiger partial charge < -0.3 is 10.2 Å². The predicted molar refractivity (Wildman–Crippen MR) is 57.9 cm³/mol. The van der Waals surface area contributed by atoms with Gasteiger partial charge >= 0.3 is 0 Å². The van der Waals surface area contributed by atoms with Crippen LogP contribution in [-0.4, -0.2) is 32.1 Å². The van der Waals surface area contributed by atoms with Gasteiger partial charge in [0.2, 0.25) is 0 Å². The maximum Gasteiger partial charge on any atom is 0.0340 e. The number of anilines is 1. The van der Waals surface area contributed by atoms with E-state index in [-0.39, 0.29) is 0 Å². The fraction of sp³-hybridized carbons (Fsp3) is 0.364. The normalized spacial score (nSPS) is 10.5. The maximum atomic E-state index is 3.83. The molecule has 0 aromatic heterocycles. The molecule has 2 nitrogen and oxygen atoms in total. The van der Waals surface area contributed by atoms with Crippen LogP contribution in [0, 0.1) is 6.92 Å². The number of nitrogens with zero attached hydrogens (tertiary/aromatic N) is 1. The molecule has 2 heteroatoms. The molecule has 0 aliphatic heterocycles. The van der Waals surface area contributed by atoms with Crippen LogP contribution in [0.3, 0.4) is 0 Å². The Bertz CT molecular complexity index is 239. The highest BCUT2D eigenvalue weighted by Crippen LogP contribution is 2.07. The number of hydrogen-bond acceptors (Lipinski definition) is 2. The first-order valence-electron chi connectivity index (χ1n) is 4.49. The van der Waals surface area contributed by atoms with Crippen LogP contribution in [0.1, 0.15) is 5.56 Å². The third-order valence-electron chi connectivity index (χ3n) is 1.84. The minimum Gasteiger partial charge on any atom is -0.384 e. The molecule has 0 amide bonds. The summed E-state index contributed by atoms with van der Waals surface area (Å²) >= 11 is 0. The molecule has 0 heterocycles. The van der Waals surface area contributed by atoms with Crippen molar-refractivity contribution in [3.05, 3.63) is 36.8 Å². The van der Waals surface area contributed by atoms with Crippen molar-refractivity contribution in [1.29, 1.82) is 0 Å². The van der Waals surface area contributed by atoms with Crippen LogP contribution in [0.5, 0.6) is 0 Å². The molecule has 0 aliphatic carbocycles. The van der Waals surface area contributed by atoms with Crippen LogP contribution in [0.4, 0.5) is 5.69 Å². The van der Waals surface area contributed by atoms with Crippen molar-refractivity contribution in [2.24, 2.45) is 0 Å². The van der Waals surface area contributed by atoms with Crippen molar-refractivity contribution in [2.45, 2.75) is 0 Å². The molecule has 0 spiro atoms. The molecule has 1 aromatic rings. The molecule has 0 saturated heterocycles. The summed E-state index contributed by atoms with van der Waals surface area (Å²) in [5.41, 5.74) is 2.22. The smallest absolute Gasteiger partial charge is 0.0340 e. The molecule has 0 unspecified atom stereocenters. The summed E-state index contributed by atoms with van der Waals surface area (Å²) in [4.78, 5) is 2.16. The summed E-state index contributed by atoms with van der Waals surface area (Å²) < 4.78 is 0. The Morgan fingerprint density at radius 3 is 2.38 bits per heavy atom. The highest BCUT2D eigenvalue weighted by molar-refractivity contribution is 5.44. The van der Waals surface area contributed by atoms with Gasteiger partial charge in [-0.05, 0) is 38.7 Å². The van der Waals surface area contributed by atoms with E-state index in [2.05, 4.69) is 43.4 Å². The van der Waals surface area contributed by atoms with Gasteiger partial charge in [0.05, 0.1) is 0 Å². The van der Waals surface area contributed by atoms with Gasteiger partial charge in [0.15, 0.2) is 0 Å². The number of benzene rings is 1. The van der Waals surface area contributed by atoms with E-state index in [1.807, 2.05) is 12.1 Å². The highest BCUT2D eigenvalue weighted by Gasteiger charge is 1.91. The molecule has 13 heavy (non-hydrogen) atoms. The predicted octanol–water partition coefficient (Wildman–Crippen LogP) is 1.84. The summed E-state index contributed by atoms with van der Waals surface area (Å²) in [6.07, 6.45) is 0. The lowest BCUT2D eigenvalue weighted by atomic mass is 10.2. The monoisotopic (exact) mass is 177 g/mol. The molecule has 1 radical (unpaired) electrons. The van der Waals surface area contributed by atoms with E-state index in [1.165, 1.54) is 0 Å². The second-order valence-corrected chi connectivity index (χ2v) is 3.43. The van der Waals surface area contributed by atoms with Gasteiger partial charge in [0.25, 0.3) is 0 Å². The van der Waals surface area contributed by atoms with E-state index >= 15 is 0 Å². The van der Waals surface area contributed by atoms with E-state index in [0.29, 0.717) is 0 Å². The van der Waals surface area contributed by atoms with Crippen LogP contribution in [0.15, 0.2) is 24.3 Å². The van der Waals surface area contributed by atoms with Crippen LogP contribution in [0.2, 0.25) is 0 Å². The molecular formula is C11H17N2. The summed E-state index contributed by atoms with van der Waals surface area (Å²) in [6, 6.07) is 8.13. The van der Waals surface area contributed by atoms with Crippen molar-refractivity contribution in [3.63, 3.8) is 0 Å². The summed E-state index contributed by atoms with van der Waals surface area (Å²) in [6.45, 7) is 5.86. The largest absolute Gasteiger partial charge is 0.384 e. The minimum absolute atomic E-state index is 0.976. The zero-order valence-electron chi connectivity index (χ0n) is 8.38. The van der Waals surface area contributed by atoms with E-state index in [4.69, 9.17) is 0 Å². The van der Waals surface area contributed by atoms with E-state index in [0.717, 1.165) is 24.3 Å². The number of likely N-dealkylation sites (N-methyl/N-ethyl adjacent to an activating group) is 1. The Hall–Kier alpha value is -1.02. The zero-order chi connectivity index (χ0) is 9.68. The molecular weight excluding hydrogens is 160 g/mol. The second-order valence-electron chi connectivity index (χ2n) is 3.43. The first-order valence-corrected chi connectivity index (χ1v) is 4.49. The molecule has 1 rings (SSSR count). The second kappa shape index (κ2) is 4.87. The first-order chi connectivity index (χ1) is 6.18. The van der Waals surface area contributed by atoms with Crippen LogP contribution < -0.4 is 5.32 Å². The average molecular weight is 177 g/mol. The molecule has 0 bridgehead atoms. The molecule has 0 aliphatic rings. The average Bonchev–Trinajstić information content (AvgIpc) is 2.08. The Morgan fingerprint density at radius 1 is 1.23 bits per heavy atom. The maximum absolute atomic E-state index is 3.83. The minimum atomic E-state index is 0.976. The van der Waals surface area contributed by atoms with Gasteiger partial charge in [-0.1, -0.05) is 12.1 Å². The van der Waals surface area contributed by atoms with Crippen molar-refractivity contribution < 1.29 is 0 Å². The summed E-state index contributed by atoms with van der Waals surface area (Å²) in [5, 5.41) is 3.33. The summed E-state index contributed by atoms with van der Waals surface area (Å²) in [5.74, 6) is 0. The lowest BCUT2D eigenvalue weighted by Crippen LogP contribution is -2.20. The van der Waals surface area contributed by atoms with Gasteiger partial charge in [0, 0.05) is 18.8 Å². The number of nitrogens with one attached hydrogen (secondary N) is 1. The van der Waals surface area contributed by atoms with Gasteiger partial charge in [-0.2, -0.15) is 0 Å². The molecule has 71 valence electrons. The third kappa shape index (κ3) is 3.95. The molecule has 0 saturated carbocycles. The van der Waals surface area contributed by atoms with Crippen molar-refractivity contribution in [3.8, 4) is 0 Å². The standard InChI is InChI=1S/C11H17N2/c1-10-4-6-11(7-5-10)12-8-9-13(2)3/h4-7,12H,1,8-9H2,2-3H3. The van der Waals surface area contributed by atoms with Gasteiger partial charge in [-0.3, -0.25) is 0 Å².